The van der Waals surface area contributed by atoms with Gasteiger partial charge in [-0.1, -0.05) is 66.4 Å². The lowest BCUT2D eigenvalue weighted by atomic mass is 10.0. The molecule has 0 unspecified atom stereocenters. The molecule has 0 amide bonds. The molecule has 27 heavy (non-hydrogen) atoms. The molecule has 0 aromatic heterocycles. The normalized spacial score (nSPS) is 12.5. The highest BCUT2D eigenvalue weighted by molar-refractivity contribution is 7.99. The van der Waals surface area contributed by atoms with Gasteiger partial charge >= 0.3 is 0 Å². The van der Waals surface area contributed by atoms with E-state index in [2.05, 4.69) is 103 Å². The molecule has 1 aliphatic heterocycles. The van der Waals surface area contributed by atoms with Crippen molar-refractivity contribution in [2.75, 3.05) is 0 Å². The Labute approximate surface area is 167 Å². The highest BCUT2D eigenvalue weighted by Gasteiger charge is 2.29. The first-order valence-corrected chi connectivity index (χ1v) is 11.2. The van der Waals surface area contributed by atoms with E-state index >= 15 is 0 Å². The van der Waals surface area contributed by atoms with E-state index in [0.29, 0.717) is 0 Å². The Morgan fingerprint density at radius 2 is 1.11 bits per heavy atom. The summed E-state index contributed by atoms with van der Waals surface area (Å²) in [6.45, 7) is 0. The van der Waals surface area contributed by atoms with Crippen molar-refractivity contribution in [2.45, 2.75) is 30.9 Å². The maximum absolute atomic E-state index is 2.43. The van der Waals surface area contributed by atoms with Crippen LogP contribution < -0.4 is 0 Å². The lowest BCUT2D eigenvalue weighted by Gasteiger charge is -2.19. The molecule has 0 saturated heterocycles. The second-order valence-electron chi connectivity index (χ2n) is 6.59. The second-order valence-corrected chi connectivity index (χ2v) is 9.70. The van der Waals surface area contributed by atoms with Crippen LogP contribution in [0.4, 0.5) is 0 Å². The smallest absolute Gasteiger partial charge is 0.0895 e. The average molecular weight is 384 g/mol. The van der Waals surface area contributed by atoms with Gasteiger partial charge in [-0.25, -0.2) is 0 Å². The minimum atomic E-state index is -0.0797. The van der Waals surface area contributed by atoms with Crippen molar-refractivity contribution in [1.82, 2.24) is 0 Å². The van der Waals surface area contributed by atoms with E-state index in [1.165, 1.54) is 35.6 Å². The molecule has 0 spiro atoms. The van der Waals surface area contributed by atoms with Crippen LogP contribution in [0.2, 0.25) is 0 Å². The molecule has 0 bridgehead atoms. The van der Waals surface area contributed by atoms with Crippen molar-refractivity contribution >= 4 is 22.7 Å². The van der Waals surface area contributed by atoms with Gasteiger partial charge in [-0.2, -0.15) is 0 Å². The van der Waals surface area contributed by atoms with Gasteiger partial charge in [-0.3, -0.25) is 0 Å². The van der Waals surface area contributed by atoms with Crippen molar-refractivity contribution in [2.24, 2.45) is 0 Å². The molecular weight excluding hydrogens is 364 g/mol. The summed E-state index contributed by atoms with van der Waals surface area (Å²) in [5.74, 6) is 0. The minimum absolute atomic E-state index is 0.0797. The Morgan fingerprint density at radius 3 is 1.81 bits per heavy atom. The third-order valence-corrected chi connectivity index (χ3v) is 8.25. The zero-order chi connectivity index (χ0) is 18.1. The second kappa shape index (κ2) is 7.30. The predicted octanol–water partition coefficient (Wildman–Crippen LogP) is 6.84. The lowest BCUT2D eigenvalue weighted by Crippen LogP contribution is -2.07. The number of rotatable bonds is 3. The van der Waals surface area contributed by atoms with Crippen molar-refractivity contribution in [3.05, 3.63) is 114 Å². The third-order valence-electron chi connectivity index (χ3n) is 4.80. The van der Waals surface area contributed by atoms with Gasteiger partial charge in [0, 0.05) is 9.79 Å². The van der Waals surface area contributed by atoms with Crippen molar-refractivity contribution in [1.29, 1.82) is 0 Å². The maximum atomic E-state index is 2.43. The highest BCUT2D eigenvalue weighted by atomic mass is 32.2. The third kappa shape index (κ3) is 3.31. The fourth-order valence-electron chi connectivity index (χ4n) is 3.51. The Balaban J connectivity index is 1.60. The zero-order valence-corrected chi connectivity index (χ0v) is 16.5. The van der Waals surface area contributed by atoms with Gasteiger partial charge in [0.25, 0.3) is 0 Å². The molecule has 0 atom stereocenters. The van der Waals surface area contributed by atoms with Crippen molar-refractivity contribution in [3.63, 3.8) is 0 Å². The molecular formula is C25H19S2+. The Kier molecular flexibility index (Phi) is 4.52. The van der Waals surface area contributed by atoms with Crippen molar-refractivity contribution in [3.8, 4) is 0 Å². The Hall–Kier alpha value is -2.42. The van der Waals surface area contributed by atoms with Crippen LogP contribution in [0, 0.1) is 0 Å². The van der Waals surface area contributed by atoms with E-state index in [0.717, 1.165) is 6.42 Å². The molecule has 4 aromatic rings. The summed E-state index contributed by atoms with van der Waals surface area (Å²) >= 11 is 1.90. The molecule has 4 aromatic carbocycles. The van der Waals surface area contributed by atoms with Gasteiger partial charge < -0.3 is 0 Å². The molecule has 2 heteroatoms. The monoisotopic (exact) mass is 383 g/mol. The first kappa shape index (κ1) is 16.7. The van der Waals surface area contributed by atoms with E-state index in [1.54, 1.807) is 0 Å². The van der Waals surface area contributed by atoms with Gasteiger partial charge in [0.1, 0.15) is 0 Å². The summed E-state index contributed by atoms with van der Waals surface area (Å²) in [6, 6.07) is 37.6. The first-order valence-electron chi connectivity index (χ1n) is 9.11. The largest absolute Gasteiger partial charge is 0.166 e. The zero-order valence-electron chi connectivity index (χ0n) is 14.8. The van der Waals surface area contributed by atoms with Crippen LogP contribution in [0.3, 0.4) is 0 Å². The molecule has 0 fully saturated rings. The molecule has 0 saturated carbocycles. The molecule has 130 valence electrons. The van der Waals surface area contributed by atoms with Gasteiger partial charge in [0.15, 0.2) is 14.7 Å². The fraction of sp³-hybridized carbons (Fsp3) is 0.0400. The number of benzene rings is 4. The SMILES string of the molecule is c1ccc([S+](c2ccccc2)c2ccc3c(c2)Cc2ccccc2S3)cc1. The first-order chi connectivity index (χ1) is 13.4. The molecule has 0 aliphatic carbocycles. The van der Waals surface area contributed by atoms with Gasteiger partial charge in [0.05, 0.1) is 10.9 Å². The van der Waals surface area contributed by atoms with E-state index in [4.69, 9.17) is 0 Å². The topological polar surface area (TPSA) is 0 Å². The number of hydrogen-bond donors (Lipinski definition) is 0. The molecule has 1 aliphatic rings. The molecule has 1 heterocycles. The van der Waals surface area contributed by atoms with Crippen molar-refractivity contribution < 1.29 is 0 Å². The number of hydrogen-bond acceptors (Lipinski definition) is 1. The van der Waals surface area contributed by atoms with E-state index < -0.39 is 0 Å². The van der Waals surface area contributed by atoms with Gasteiger partial charge in [-0.05, 0) is 66.1 Å². The van der Waals surface area contributed by atoms with E-state index in [9.17, 15) is 0 Å². The highest BCUT2D eigenvalue weighted by Crippen LogP contribution is 2.41. The quantitative estimate of drug-likeness (QED) is 0.307. The number of fused-ring (bicyclic) bond motifs is 2. The minimum Gasteiger partial charge on any atom is -0.0895 e. The van der Waals surface area contributed by atoms with Crippen LogP contribution in [0.5, 0.6) is 0 Å². The Bertz CT molecular complexity index is 1030. The lowest BCUT2D eigenvalue weighted by molar-refractivity contribution is 1.04. The van der Waals surface area contributed by atoms with Crippen LogP contribution in [-0.2, 0) is 17.3 Å². The van der Waals surface area contributed by atoms with Gasteiger partial charge in [0.2, 0.25) is 0 Å². The molecule has 0 radical (unpaired) electrons. The fourth-order valence-corrected chi connectivity index (χ4v) is 6.71. The van der Waals surface area contributed by atoms with Crippen LogP contribution in [0.25, 0.3) is 0 Å². The summed E-state index contributed by atoms with van der Waals surface area (Å²) in [4.78, 5) is 6.91. The summed E-state index contributed by atoms with van der Waals surface area (Å²) in [7, 11) is -0.0797. The predicted molar refractivity (Wildman–Crippen MR) is 115 cm³/mol. The average Bonchev–Trinajstić information content (AvgIpc) is 2.74. The summed E-state index contributed by atoms with van der Waals surface area (Å²) in [5.41, 5.74) is 2.88. The van der Waals surface area contributed by atoms with Crippen LogP contribution in [0.1, 0.15) is 11.1 Å². The van der Waals surface area contributed by atoms with E-state index in [1.807, 2.05) is 11.8 Å². The van der Waals surface area contributed by atoms with Crippen LogP contribution >= 0.6 is 11.8 Å². The van der Waals surface area contributed by atoms with Gasteiger partial charge in [-0.15, -0.1) is 0 Å². The van der Waals surface area contributed by atoms with Crippen LogP contribution in [0.15, 0.2) is 128 Å². The summed E-state index contributed by atoms with van der Waals surface area (Å²) in [5, 5.41) is 0. The Morgan fingerprint density at radius 1 is 0.519 bits per heavy atom. The summed E-state index contributed by atoms with van der Waals surface area (Å²) < 4.78 is 0. The van der Waals surface area contributed by atoms with Crippen LogP contribution in [-0.4, -0.2) is 0 Å². The molecule has 0 N–H and O–H groups in total. The summed E-state index contributed by atoms with van der Waals surface area (Å²) in [6.07, 6.45) is 1.02. The molecule has 0 nitrogen and oxygen atoms in total. The standard InChI is InChI=1S/C25H19S2/c1-3-10-21(11-4-1)27(22-12-5-2-6-13-22)23-15-16-25-20(18-23)17-19-9-7-8-14-24(19)26-25/h1-16,18H,17H2/q+1. The van der Waals surface area contributed by atoms with E-state index in [-0.39, 0.29) is 10.9 Å². The molecule has 5 rings (SSSR count). The maximum Gasteiger partial charge on any atom is 0.166 e.